The molecule has 0 bridgehead atoms. The number of ether oxygens (including phenoxy) is 2. The van der Waals surface area contributed by atoms with Gasteiger partial charge in [0.2, 0.25) is 0 Å². The van der Waals surface area contributed by atoms with Crippen LogP contribution in [0.2, 0.25) is 0 Å². The van der Waals surface area contributed by atoms with Crippen LogP contribution < -0.4 is 15.0 Å². The molecule has 0 atom stereocenters. The second-order valence-electron chi connectivity index (χ2n) is 6.94. The van der Waals surface area contributed by atoms with Gasteiger partial charge in [-0.3, -0.25) is 9.20 Å². The first kappa shape index (κ1) is 18.3. The molecule has 0 N–H and O–H groups in total. The highest BCUT2D eigenvalue weighted by molar-refractivity contribution is 5.69. The van der Waals surface area contributed by atoms with Crippen LogP contribution >= 0.6 is 0 Å². The third-order valence-corrected chi connectivity index (χ3v) is 5.12. The molecule has 0 aliphatic carbocycles. The molecule has 144 valence electrons. The summed E-state index contributed by atoms with van der Waals surface area (Å²) in [5, 5.41) is 0. The second kappa shape index (κ2) is 7.48. The lowest BCUT2D eigenvalue weighted by Crippen LogP contribution is -2.24. The topological polar surface area (TPSA) is 56.1 Å². The summed E-state index contributed by atoms with van der Waals surface area (Å²) in [6, 6.07) is 11.2. The van der Waals surface area contributed by atoms with E-state index in [2.05, 4.69) is 18.0 Å². The van der Waals surface area contributed by atoms with Gasteiger partial charge in [-0.25, -0.2) is 4.98 Å². The lowest BCUT2D eigenvalue weighted by atomic mass is 10.0. The van der Waals surface area contributed by atoms with E-state index in [4.69, 9.17) is 14.5 Å². The number of benzene rings is 1. The normalized spacial score (nSPS) is 14.8. The van der Waals surface area contributed by atoms with Crippen LogP contribution in [0.4, 0.5) is 0 Å². The quantitative estimate of drug-likeness (QED) is 0.699. The molecule has 3 heterocycles. The lowest BCUT2D eigenvalue weighted by Gasteiger charge is -2.21. The van der Waals surface area contributed by atoms with Crippen LogP contribution in [-0.4, -0.2) is 48.6 Å². The average molecular weight is 377 g/mol. The van der Waals surface area contributed by atoms with Gasteiger partial charge < -0.3 is 14.4 Å². The molecule has 0 fully saturated rings. The minimum Gasteiger partial charge on any atom is -0.493 e. The average Bonchev–Trinajstić information content (AvgIpc) is 2.73. The van der Waals surface area contributed by atoms with Crippen molar-refractivity contribution < 1.29 is 9.47 Å². The molecule has 4 rings (SSSR count). The molecule has 2 aromatic heterocycles. The first-order valence-electron chi connectivity index (χ1n) is 9.23. The highest BCUT2D eigenvalue weighted by Crippen LogP contribution is 2.32. The second-order valence-corrected chi connectivity index (χ2v) is 6.94. The van der Waals surface area contributed by atoms with Crippen molar-refractivity contribution in [2.24, 2.45) is 0 Å². The van der Waals surface area contributed by atoms with Gasteiger partial charge in [0.15, 0.2) is 11.5 Å². The van der Waals surface area contributed by atoms with E-state index in [1.807, 2.05) is 36.5 Å². The summed E-state index contributed by atoms with van der Waals surface area (Å²) in [5.74, 6) is 1.32. The summed E-state index contributed by atoms with van der Waals surface area (Å²) in [6.07, 6.45) is 4.88. The molecule has 6 nitrogen and oxygen atoms in total. The van der Waals surface area contributed by atoms with Crippen molar-refractivity contribution >= 4 is 11.2 Å². The van der Waals surface area contributed by atoms with Gasteiger partial charge in [0.1, 0.15) is 5.65 Å². The van der Waals surface area contributed by atoms with Crippen molar-refractivity contribution in [3.8, 4) is 22.6 Å². The van der Waals surface area contributed by atoms with E-state index in [0.29, 0.717) is 17.1 Å². The van der Waals surface area contributed by atoms with Crippen molar-refractivity contribution in [1.29, 1.82) is 0 Å². The Hall–Kier alpha value is -3.12. The Morgan fingerprint density at radius 2 is 1.79 bits per heavy atom. The Morgan fingerprint density at radius 3 is 2.50 bits per heavy atom. The van der Waals surface area contributed by atoms with Crippen LogP contribution in [0.1, 0.15) is 12.1 Å². The number of methoxy groups -OCH3 is 2. The monoisotopic (exact) mass is 377 g/mol. The van der Waals surface area contributed by atoms with Gasteiger partial charge in [-0.2, -0.15) is 0 Å². The maximum atomic E-state index is 12.8. The molecule has 6 heteroatoms. The fourth-order valence-electron chi connectivity index (χ4n) is 3.46. The van der Waals surface area contributed by atoms with Crippen molar-refractivity contribution in [1.82, 2.24) is 14.3 Å². The van der Waals surface area contributed by atoms with E-state index >= 15 is 0 Å². The number of aromatic nitrogens is 2. The molecule has 0 saturated carbocycles. The molecule has 0 saturated heterocycles. The van der Waals surface area contributed by atoms with E-state index in [0.717, 1.165) is 41.9 Å². The Morgan fingerprint density at radius 1 is 1.00 bits per heavy atom. The zero-order valence-electron chi connectivity index (χ0n) is 16.3. The number of hydrogen-bond acceptors (Lipinski definition) is 5. The highest BCUT2D eigenvalue weighted by atomic mass is 16.5. The van der Waals surface area contributed by atoms with E-state index < -0.39 is 0 Å². The predicted molar refractivity (Wildman–Crippen MR) is 110 cm³/mol. The summed E-state index contributed by atoms with van der Waals surface area (Å²) >= 11 is 0. The van der Waals surface area contributed by atoms with Crippen LogP contribution in [0, 0.1) is 0 Å². The number of likely N-dealkylation sites (N-methyl/N-ethyl adjacent to an activating group) is 1. The van der Waals surface area contributed by atoms with Gasteiger partial charge in [-0.1, -0.05) is 12.1 Å². The molecule has 28 heavy (non-hydrogen) atoms. The van der Waals surface area contributed by atoms with Gasteiger partial charge in [0.05, 0.1) is 19.9 Å². The van der Waals surface area contributed by atoms with Crippen LogP contribution in [0.15, 0.2) is 53.5 Å². The van der Waals surface area contributed by atoms with Gasteiger partial charge in [0.25, 0.3) is 5.56 Å². The molecule has 1 aromatic carbocycles. The Kier molecular flexibility index (Phi) is 4.88. The van der Waals surface area contributed by atoms with Gasteiger partial charge in [0, 0.05) is 25.4 Å². The maximum absolute atomic E-state index is 12.8. The van der Waals surface area contributed by atoms with Crippen LogP contribution in [0.5, 0.6) is 11.5 Å². The van der Waals surface area contributed by atoms with Crippen molar-refractivity contribution in [3.63, 3.8) is 0 Å². The van der Waals surface area contributed by atoms with Crippen molar-refractivity contribution in [2.45, 2.75) is 6.42 Å². The summed E-state index contributed by atoms with van der Waals surface area (Å²) in [6.45, 7) is 1.86. The molecular formula is C22H23N3O3. The van der Waals surface area contributed by atoms with Gasteiger partial charge >= 0.3 is 0 Å². The molecule has 0 radical (unpaired) electrons. The Balaban J connectivity index is 1.75. The van der Waals surface area contributed by atoms with Crippen molar-refractivity contribution in [2.75, 3.05) is 34.4 Å². The number of hydrogen-bond donors (Lipinski definition) is 0. The highest BCUT2D eigenvalue weighted by Gasteiger charge is 2.13. The first-order chi connectivity index (χ1) is 13.6. The fourth-order valence-corrected chi connectivity index (χ4v) is 3.46. The van der Waals surface area contributed by atoms with E-state index in [9.17, 15) is 4.79 Å². The molecule has 1 aliphatic rings. The molecule has 3 aromatic rings. The number of fused-ring (bicyclic) bond motifs is 1. The zero-order valence-corrected chi connectivity index (χ0v) is 16.3. The third kappa shape index (κ3) is 3.39. The SMILES string of the molecule is COc1ccc(-c2ccc3nc(C4=CCN(C)CC4)cc(=O)n3c2)cc1OC. The molecular weight excluding hydrogens is 354 g/mol. The van der Waals surface area contributed by atoms with Crippen LogP contribution in [0.25, 0.3) is 22.3 Å². The van der Waals surface area contributed by atoms with Gasteiger partial charge in [-0.05, 0) is 54.4 Å². The fraction of sp³-hybridized carbons (Fsp3) is 0.273. The first-order valence-corrected chi connectivity index (χ1v) is 9.23. The van der Waals surface area contributed by atoms with E-state index in [1.54, 1.807) is 24.7 Å². The van der Waals surface area contributed by atoms with Crippen LogP contribution in [0.3, 0.4) is 0 Å². The zero-order chi connectivity index (χ0) is 19.7. The largest absolute Gasteiger partial charge is 0.493 e. The van der Waals surface area contributed by atoms with Crippen LogP contribution in [-0.2, 0) is 0 Å². The molecule has 1 aliphatic heterocycles. The maximum Gasteiger partial charge on any atom is 0.258 e. The molecule has 0 unspecified atom stereocenters. The molecule has 0 amide bonds. The van der Waals surface area contributed by atoms with Crippen molar-refractivity contribution in [3.05, 3.63) is 64.7 Å². The lowest BCUT2D eigenvalue weighted by molar-refractivity contribution is 0.355. The van der Waals surface area contributed by atoms with E-state index in [-0.39, 0.29) is 5.56 Å². The summed E-state index contributed by atoms with van der Waals surface area (Å²) in [4.78, 5) is 19.7. The smallest absolute Gasteiger partial charge is 0.258 e. The Labute approximate surface area is 163 Å². The predicted octanol–water partition coefficient (Wildman–Crippen LogP) is 3.10. The number of nitrogens with zero attached hydrogens (tertiary/aromatic N) is 3. The minimum absolute atomic E-state index is 0.0813. The summed E-state index contributed by atoms with van der Waals surface area (Å²) in [5.41, 5.74) is 4.32. The summed E-state index contributed by atoms with van der Waals surface area (Å²) < 4.78 is 12.3. The number of rotatable bonds is 4. The number of pyridine rings is 1. The summed E-state index contributed by atoms with van der Waals surface area (Å²) in [7, 11) is 5.30. The minimum atomic E-state index is -0.0813. The third-order valence-electron chi connectivity index (χ3n) is 5.12. The van der Waals surface area contributed by atoms with Gasteiger partial charge in [-0.15, -0.1) is 0 Å². The van der Waals surface area contributed by atoms with E-state index in [1.165, 1.54) is 0 Å². The standard InChI is InChI=1S/C22H23N3O3/c1-24-10-8-15(9-11-24)18-13-22(26)25-14-17(5-7-21(25)23-18)16-4-6-19(27-2)20(12-16)28-3/h4-8,12-14H,9-11H2,1-3H3. The molecule has 0 spiro atoms. The Bertz CT molecular complexity index is 1120.